The molecule has 0 amide bonds. The highest BCUT2D eigenvalue weighted by atomic mass is 32.2. The van der Waals surface area contributed by atoms with Gasteiger partial charge in [0.05, 0.1) is 0 Å². The molecule has 11 heavy (non-hydrogen) atoms. The van der Waals surface area contributed by atoms with Crippen molar-refractivity contribution in [2.75, 3.05) is 17.3 Å². The molecule has 2 aliphatic rings. The van der Waals surface area contributed by atoms with E-state index in [2.05, 4.69) is 23.5 Å². The lowest BCUT2D eigenvalue weighted by atomic mass is 9.94. The van der Waals surface area contributed by atoms with Crippen molar-refractivity contribution in [3.05, 3.63) is 0 Å². The molecule has 0 aromatic heterocycles. The first-order valence-electron chi connectivity index (χ1n) is 4.63. The van der Waals surface area contributed by atoms with Crippen LogP contribution in [0.15, 0.2) is 0 Å². The van der Waals surface area contributed by atoms with Gasteiger partial charge in [0.25, 0.3) is 0 Å². The van der Waals surface area contributed by atoms with Gasteiger partial charge in [0.1, 0.15) is 0 Å². The quantitative estimate of drug-likeness (QED) is 0.573. The molecule has 0 N–H and O–H groups in total. The van der Waals surface area contributed by atoms with Gasteiger partial charge in [0.15, 0.2) is 0 Å². The third kappa shape index (κ3) is 1.89. The van der Waals surface area contributed by atoms with Crippen molar-refractivity contribution in [2.24, 2.45) is 0 Å². The molecule has 2 saturated heterocycles. The Balaban J connectivity index is 1.94. The second-order valence-corrected chi connectivity index (χ2v) is 6.39. The van der Waals surface area contributed by atoms with E-state index in [9.17, 15) is 0 Å². The molecule has 2 aliphatic heterocycles. The minimum atomic E-state index is 0.753. The van der Waals surface area contributed by atoms with Crippen LogP contribution in [0.25, 0.3) is 0 Å². The molecule has 0 atom stereocenters. The fourth-order valence-electron chi connectivity index (χ4n) is 2.05. The number of hydrogen-bond acceptors (Lipinski definition) is 2. The summed E-state index contributed by atoms with van der Waals surface area (Å²) in [6.07, 6.45) is 7.46. The van der Waals surface area contributed by atoms with E-state index in [4.69, 9.17) is 0 Å². The maximum absolute atomic E-state index is 2.27. The van der Waals surface area contributed by atoms with Crippen LogP contribution in [-0.2, 0) is 0 Å². The van der Waals surface area contributed by atoms with E-state index in [0.717, 1.165) is 4.75 Å². The van der Waals surface area contributed by atoms with E-state index in [-0.39, 0.29) is 0 Å². The molecule has 0 bridgehead atoms. The summed E-state index contributed by atoms with van der Waals surface area (Å²) in [5, 5.41) is 0. The topological polar surface area (TPSA) is 0 Å². The van der Waals surface area contributed by atoms with E-state index in [1.165, 1.54) is 49.4 Å². The van der Waals surface area contributed by atoms with Gasteiger partial charge in [-0.1, -0.05) is 6.42 Å². The van der Waals surface area contributed by atoms with Crippen LogP contribution in [0.1, 0.15) is 32.1 Å². The Morgan fingerprint density at radius 1 is 0.818 bits per heavy atom. The molecular formula is C9H16S2. The maximum atomic E-state index is 2.27. The van der Waals surface area contributed by atoms with Crippen LogP contribution < -0.4 is 0 Å². The molecular weight excluding hydrogens is 172 g/mol. The summed E-state index contributed by atoms with van der Waals surface area (Å²) in [5.74, 6) is 4.28. The molecule has 2 fully saturated rings. The normalized spacial score (nSPS) is 30.5. The summed E-state index contributed by atoms with van der Waals surface area (Å²) < 4.78 is 0.753. The Hall–Kier alpha value is 0.700. The number of hydrogen-bond donors (Lipinski definition) is 0. The largest absolute Gasteiger partial charge is 0.162 e. The molecule has 0 aliphatic carbocycles. The number of thioether (sulfide) groups is 2. The van der Waals surface area contributed by atoms with Gasteiger partial charge in [-0.25, -0.2) is 0 Å². The van der Waals surface area contributed by atoms with Crippen molar-refractivity contribution in [3.8, 4) is 0 Å². The van der Waals surface area contributed by atoms with Crippen molar-refractivity contribution in [2.45, 2.75) is 36.9 Å². The summed E-state index contributed by atoms with van der Waals surface area (Å²) in [4.78, 5) is 0. The van der Waals surface area contributed by atoms with Gasteiger partial charge >= 0.3 is 0 Å². The van der Waals surface area contributed by atoms with Crippen LogP contribution >= 0.6 is 23.5 Å². The van der Waals surface area contributed by atoms with Crippen LogP contribution in [0.4, 0.5) is 0 Å². The highest BCUT2D eigenvalue weighted by Crippen LogP contribution is 2.45. The Kier molecular flexibility index (Phi) is 2.73. The smallest absolute Gasteiger partial charge is 0.0175 e. The molecule has 2 heterocycles. The Morgan fingerprint density at radius 2 is 1.64 bits per heavy atom. The van der Waals surface area contributed by atoms with Gasteiger partial charge in [0.2, 0.25) is 0 Å². The lowest BCUT2D eigenvalue weighted by molar-refractivity contribution is 0.470. The summed E-state index contributed by atoms with van der Waals surface area (Å²) in [6, 6.07) is 0. The average Bonchev–Trinajstić information content (AvgIpc) is 2.07. The van der Waals surface area contributed by atoms with Crippen LogP contribution in [0.5, 0.6) is 0 Å². The molecule has 1 spiro atoms. The van der Waals surface area contributed by atoms with Crippen LogP contribution in [-0.4, -0.2) is 22.0 Å². The minimum Gasteiger partial charge on any atom is -0.162 e. The summed E-state index contributed by atoms with van der Waals surface area (Å²) in [5.41, 5.74) is 0. The molecule has 2 rings (SSSR count). The third-order valence-electron chi connectivity index (χ3n) is 2.84. The molecule has 0 aromatic rings. The SMILES string of the molecule is C1CCC2(CCSCC2)SC1. The van der Waals surface area contributed by atoms with Gasteiger partial charge in [-0.3, -0.25) is 0 Å². The van der Waals surface area contributed by atoms with E-state index in [1.54, 1.807) is 0 Å². The fourth-order valence-corrected chi connectivity index (χ4v) is 5.14. The van der Waals surface area contributed by atoms with E-state index >= 15 is 0 Å². The highest BCUT2D eigenvalue weighted by molar-refractivity contribution is 8.01. The first kappa shape index (κ1) is 8.31. The Bertz CT molecular complexity index is 102. The van der Waals surface area contributed by atoms with Crippen LogP contribution in [0.3, 0.4) is 0 Å². The van der Waals surface area contributed by atoms with Gasteiger partial charge in [-0.05, 0) is 42.9 Å². The molecule has 0 radical (unpaired) electrons. The van der Waals surface area contributed by atoms with Gasteiger partial charge in [0, 0.05) is 4.75 Å². The second-order valence-electron chi connectivity index (χ2n) is 3.60. The van der Waals surface area contributed by atoms with E-state index in [1.807, 2.05) is 0 Å². The molecule has 0 saturated carbocycles. The first-order valence-corrected chi connectivity index (χ1v) is 6.77. The molecule has 0 nitrogen and oxygen atoms in total. The van der Waals surface area contributed by atoms with Crippen molar-refractivity contribution in [1.29, 1.82) is 0 Å². The lowest BCUT2D eigenvalue weighted by Crippen LogP contribution is -2.32. The van der Waals surface area contributed by atoms with E-state index < -0.39 is 0 Å². The van der Waals surface area contributed by atoms with Crippen molar-refractivity contribution < 1.29 is 0 Å². The molecule has 2 heteroatoms. The lowest BCUT2D eigenvalue weighted by Gasteiger charge is -2.39. The standard InChI is InChI=1S/C9H16S2/c1-2-6-11-9(3-1)4-7-10-8-5-9/h1-8H2. The van der Waals surface area contributed by atoms with Crippen LogP contribution in [0.2, 0.25) is 0 Å². The summed E-state index contributed by atoms with van der Waals surface area (Å²) >= 11 is 4.42. The third-order valence-corrected chi connectivity index (χ3v) is 5.54. The van der Waals surface area contributed by atoms with Crippen molar-refractivity contribution >= 4 is 23.5 Å². The van der Waals surface area contributed by atoms with Gasteiger partial charge in [-0.2, -0.15) is 23.5 Å². The zero-order chi connectivity index (χ0) is 7.57. The van der Waals surface area contributed by atoms with Gasteiger partial charge in [-0.15, -0.1) is 0 Å². The monoisotopic (exact) mass is 188 g/mol. The van der Waals surface area contributed by atoms with Crippen molar-refractivity contribution in [1.82, 2.24) is 0 Å². The number of rotatable bonds is 0. The predicted molar refractivity (Wildman–Crippen MR) is 55.6 cm³/mol. The Labute approximate surface area is 77.9 Å². The summed E-state index contributed by atoms with van der Waals surface area (Å²) in [7, 11) is 0. The maximum Gasteiger partial charge on any atom is 0.0175 e. The zero-order valence-electron chi connectivity index (χ0n) is 6.97. The minimum absolute atomic E-state index is 0.753. The van der Waals surface area contributed by atoms with Crippen LogP contribution in [0, 0.1) is 0 Å². The van der Waals surface area contributed by atoms with E-state index in [0.29, 0.717) is 0 Å². The molecule has 0 unspecified atom stereocenters. The highest BCUT2D eigenvalue weighted by Gasteiger charge is 2.33. The molecule has 0 aromatic carbocycles. The zero-order valence-corrected chi connectivity index (χ0v) is 8.61. The first-order chi connectivity index (χ1) is 5.41. The Morgan fingerprint density at radius 3 is 2.27 bits per heavy atom. The molecule has 64 valence electrons. The predicted octanol–water partition coefficient (Wildman–Crippen LogP) is 3.17. The van der Waals surface area contributed by atoms with Gasteiger partial charge < -0.3 is 0 Å². The average molecular weight is 188 g/mol. The fraction of sp³-hybridized carbons (Fsp3) is 1.00. The second kappa shape index (κ2) is 3.61. The summed E-state index contributed by atoms with van der Waals surface area (Å²) in [6.45, 7) is 0. The van der Waals surface area contributed by atoms with Crippen molar-refractivity contribution in [3.63, 3.8) is 0 Å².